The lowest BCUT2D eigenvalue weighted by Gasteiger charge is -2.10. The van der Waals surface area contributed by atoms with Crippen molar-refractivity contribution in [2.45, 2.75) is 25.2 Å². The molecular formula is C21H18FN3O3S. The summed E-state index contributed by atoms with van der Waals surface area (Å²) < 4.78 is 24.3. The molecule has 2 aromatic carbocycles. The number of Topliss-reactive ketones (excluding diaryl/α,β-unsaturated/α-hetero) is 1. The zero-order valence-corrected chi connectivity index (χ0v) is 16.6. The number of rotatable bonds is 7. The molecule has 0 saturated carbocycles. The zero-order valence-electron chi connectivity index (χ0n) is 15.8. The number of aryl methyl sites for hydroxylation is 1. The maximum atomic E-state index is 13.0. The Balaban J connectivity index is 1.40. The normalized spacial score (nSPS) is 12.2. The monoisotopic (exact) mass is 411 g/mol. The Morgan fingerprint density at radius 2 is 1.97 bits per heavy atom. The Hall–Kier alpha value is -3.13. The lowest BCUT2D eigenvalue weighted by molar-refractivity contribution is 0.102. The fourth-order valence-corrected chi connectivity index (χ4v) is 3.69. The number of H-pyrrole nitrogens is 1. The molecule has 0 aliphatic rings. The van der Waals surface area contributed by atoms with Gasteiger partial charge in [0.15, 0.2) is 11.9 Å². The summed E-state index contributed by atoms with van der Waals surface area (Å²) in [6.07, 6.45) is -0.506. The molecule has 1 atom stereocenters. The van der Waals surface area contributed by atoms with Crippen LogP contribution in [0.2, 0.25) is 0 Å². The number of thioether (sulfide) groups is 1. The summed E-state index contributed by atoms with van der Waals surface area (Å²) in [4.78, 5) is 16.0. The molecule has 4 aromatic rings. The summed E-state index contributed by atoms with van der Waals surface area (Å²) in [5.74, 6) is 0.609. The van der Waals surface area contributed by atoms with Gasteiger partial charge in [0.2, 0.25) is 0 Å². The van der Waals surface area contributed by atoms with Gasteiger partial charge in [-0.25, -0.2) is 4.39 Å². The van der Waals surface area contributed by atoms with E-state index in [4.69, 9.17) is 9.15 Å². The first-order valence-corrected chi connectivity index (χ1v) is 9.99. The van der Waals surface area contributed by atoms with E-state index in [0.717, 1.165) is 16.6 Å². The van der Waals surface area contributed by atoms with Gasteiger partial charge >= 0.3 is 0 Å². The van der Waals surface area contributed by atoms with Crippen LogP contribution in [0.3, 0.4) is 0 Å². The van der Waals surface area contributed by atoms with Crippen LogP contribution >= 0.6 is 11.8 Å². The van der Waals surface area contributed by atoms with Gasteiger partial charge in [0.1, 0.15) is 11.6 Å². The molecule has 1 N–H and O–H groups in total. The Kier molecular flexibility index (Phi) is 5.35. The summed E-state index contributed by atoms with van der Waals surface area (Å²) >= 11 is 1.18. The van der Waals surface area contributed by atoms with E-state index < -0.39 is 6.10 Å². The molecule has 2 heterocycles. The molecule has 0 aliphatic heterocycles. The predicted octanol–water partition coefficient (Wildman–Crippen LogP) is 5.11. The highest BCUT2D eigenvalue weighted by Crippen LogP contribution is 2.27. The highest BCUT2D eigenvalue weighted by molar-refractivity contribution is 7.99. The van der Waals surface area contributed by atoms with Crippen molar-refractivity contribution >= 4 is 28.4 Å². The Labute approximate surface area is 170 Å². The van der Waals surface area contributed by atoms with Gasteiger partial charge in [-0.15, -0.1) is 10.2 Å². The minimum atomic E-state index is -0.506. The number of carbonyl (C=O) groups excluding carboxylic acids is 1. The van der Waals surface area contributed by atoms with Crippen LogP contribution in [0.4, 0.5) is 4.39 Å². The van der Waals surface area contributed by atoms with Crippen molar-refractivity contribution in [3.8, 4) is 5.75 Å². The van der Waals surface area contributed by atoms with Crippen LogP contribution in [0.15, 0.2) is 58.2 Å². The van der Waals surface area contributed by atoms with Crippen LogP contribution in [0.25, 0.3) is 10.9 Å². The van der Waals surface area contributed by atoms with Gasteiger partial charge in [-0.3, -0.25) is 4.79 Å². The van der Waals surface area contributed by atoms with Gasteiger partial charge in [-0.2, -0.15) is 0 Å². The van der Waals surface area contributed by atoms with Crippen LogP contribution in [-0.2, 0) is 0 Å². The largest absolute Gasteiger partial charge is 0.481 e. The number of aromatic amines is 1. The van der Waals surface area contributed by atoms with Crippen molar-refractivity contribution in [1.82, 2.24) is 15.2 Å². The summed E-state index contributed by atoms with van der Waals surface area (Å²) in [5.41, 5.74) is 2.45. The lowest BCUT2D eigenvalue weighted by Crippen LogP contribution is -2.03. The van der Waals surface area contributed by atoms with E-state index in [1.54, 1.807) is 6.92 Å². The Morgan fingerprint density at radius 3 is 2.76 bits per heavy atom. The SMILES string of the molecule is Cc1[nH]c2ccccc2c1C(=O)CSc1nnc([C@H](C)Oc2ccc(F)cc2)o1. The Morgan fingerprint density at radius 1 is 1.21 bits per heavy atom. The van der Waals surface area contributed by atoms with Crippen molar-refractivity contribution in [2.75, 3.05) is 5.75 Å². The molecule has 6 nitrogen and oxygen atoms in total. The highest BCUT2D eigenvalue weighted by atomic mass is 32.2. The van der Waals surface area contributed by atoms with Crippen molar-refractivity contribution in [2.24, 2.45) is 0 Å². The molecule has 0 saturated heterocycles. The molecule has 29 heavy (non-hydrogen) atoms. The number of halogens is 1. The first kappa shape index (κ1) is 19.2. The number of nitrogens with zero attached hydrogens (tertiary/aromatic N) is 2. The van der Waals surface area contributed by atoms with Gasteiger partial charge in [0.05, 0.1) is 5.75 Å². The number of fused-ring (bicyclic) bond motifs is 1. The van der Waals surface area contributed by atoms with E-state index in [0.29, 0.717) is 16.5 Å². The molecule has 0 radical (unpaired) electrons. The molecule has 2 aromatic heterocycles. The van der Waals surface area contributed by atoms with E-state index in [2.05, 4.69) is 15.2 Å². The molecule has 0 spiro atoms. The van der Waals surface area contributed by atoms with Crippen molar-refractivity contribution in [3.05, 3.63) is 71.5 Å². The molecule has 0 fully saturated rings. The van der Waals surface area contributed by atoms with E-state index >= 15 is 0 Å². The van der Waals surface area contributed by atoms with Crippen molar-refractivity contribution in [3.63, 3.8) is 0 Å². The first-order chi connectivity index (χ1) is 14.0. The maximum Gasteiger partial charge on any atom is 0.277 e. The van der Waals surface area contributed by atoms with Crippen LogP contribution in [-0.4, -0.2) is 26.7 Å². The fourth-order valence-electron chi connectivity index (χ4n) is 3.05. The van der Waals surface area contributed by atoms with Crippen LogP contribution in [0.5, 0.6) is 5.75 Å². The average molecular weight is 411 g/mol. The number of para-hydroxylation sites is 1. The summed E-state index contributed by atoms with van der Waals surface area (Å²) in [7, 11) is 0. The van der Waals surface area contributed by atoms with Gasteiger partial charge in [0, 0.05) is 22.2 Å². The second kappa shape index (κ2) is 8.08. The number of hydrogen-bond donors (Lipinski definition) is 1. The van der Waals surface area contributed by atoms with Gasteiger partial charge in [-0.05, 0) is 44.2 Å². The first-order valence-electron chi connectivity index (χ1n) is 9.00. The smallest absolute Gasteiger partial charge is 0.277 e. The third-order valence-corrected chi connectivity index (χ3v) is 5.21. The zero-order chi connectivity index (χ0) is 20.4. The molecule has 4 rings (SSSR count). The average Bonchev–Trinajstić information content (AvgIpc) is 3.31. The number of aromatic nitrogens is 3. The number of ether oxygens (including phenoxy) is 1. The van der Waals surface area contributed by atoms with Crippen LogP contribution in [0.1, 0.15) is 35.0 Å². The molecule has 8 heteroatoms. The van der Waals surface area contributed by atoms with Gasteiger partial charge in [-0.1, -0.05) is 30.0 Å². The van der Waals surface area contributed by atoms with Crippen LogP contribution < -0.4 is 4.74 Å². The third kappa shape index (κ3) is 4.17. The van der Waals surface area contributed by atoms with E-state index in [9.17, 15) is 9.18 Å². The van der Waals surface area contributed by atoms with Crippen molar-refractivity contribution < 1.29 is 18.3 Å². The maximum absolute atomic E-state index is 13.0. The summed E-state index contributed by atoms with van der Waals surface area (Å²) in [6, 6.07) is 13.4. The molecular weight excluding hydrogens is 393 g/mol. The van der Waals surface area contributed by atoms with Gasteiger partial charge in [0.25, 0.3) is 11.1 Å². The van der Waals surface area contributed by atoms with Crippen molar-refractivity contribution in [1.29, 1.82) is 0 Å². The van der Waals surface area contributed by atoms with Gasteiger partial charge < -0.3 is 14.1 Å². The number of nitrogens with one attached hydrogen (secondary N) is 1. The minimum Gasteiger partial charge on any atom is -0.481 e. The number of ketones is 1. The molecule has 0 aliphatic carbocycles. The van der Waals surface area contributed by atoms with E-state index in [-0.39, 0.29) is 23.2 Å². The molecule has 0 bridgehead atoms. The number of carbonyl (C=O) groups is 1. The van der Waals surface area contributed by atoms with E-state index in [1.807, 2.05) is 31.2 Å². The van der Waals surface area contributed by atoms with E-state index in [1.165, 1.54) is 36.0 Å². The number of benzene rings is 2. The summed E-state index contributed by atoms with van der Waals surface area (Å²) in [6.45, 7) is 3.64. The molecule has 148 valence electrons. The quantitative estimate of drug-likeness (QED) is 0.336. The molecule has 0 amide bonds. The Bertz CT molecular complexity index is 1150. The van der Waals surface area contributed by atoms with Crippen LogP contribution in [0, 0.1) is 12.7 Å². The highest BCUT2D eigenvalue weighted by Gasteiger charge is 2.19. The standard InChI is InChI=1S/C21H18FN3O3S/c1-12-19(16-5-3-4-6-17(16)23-12)18(26)11-29-21-25-24-20(28-21)13(2)27-15-9-7-14(22)8-10-15/h3-10,13,23H,11H2,1-2H3/t13-/m0/s1. The fraction of sp³-hybridized carbons (Fsp3) is 0.190. The lowest BCUT2D eigenvalue weighted by atomic mass is 10.1. The third-order valence-electron chi connectivity index (χ3n) is 4.40. The number of hydrogen-bond acceptors (Lipinski definition) is 6. The second-order valence-electron chi connectivity index (χ2n) is 6.50. The minimum absolute atomic E-state index is 0.0136. The molecule has 0 unspecified atom stereocenters. The summed E-state index contributed by atoms with van der Waals surface area (Å²) in [5, 5.41) is 9.16. The topological polar surface area (TPSA) is 81.0 Å². The predicted molar refractivity (Wildman–Crippen MR) is 108 cm³/mol. The second-order valence-corrected chi connectivity index (χ2v) is 7.43.